The number of esters is 1. The highest BCUT2D eigenvalue weighted by atomic mass is 32.1. The summed E-state index contributed by atoms with van der Waals surface area (Å²) in [6.07, 6.45) is 0. The zero-order chi connectivity index (χ0) is 14.0. The number of thiazole rings is 1. The van der Waals surface area contributed by atoms with Crippen molar-refractivity contribution in [2.24, 2.45) is 0 Å². The van der Waals surface area contributed by atoms with Crippen LogP contribution in [0, 0.1) is 20.8 Å². The number of hydrogen-bond acceptors (Lipinski definition) is 6. The Morgan fingerprint density at radius 1 is 1.37 bits per heavy atom. The number of rotatable bonds is 4. The molecule has 6 nitrogen and oxygen atoms in total. The largest absolute Gasteiger partial charge is 0.461 e. The maximum Gasteiger partial charge on any atom is 0.360 e. The van der Waals surface area contributed by atoms with E-state index in [1.54, 1.807) is 29.9 Å². The molecular weight excluding hydrogens is 264 g/mol. The fourth-order valence-corrected chi connectivity index (χ4v) is 2.55. The summed E-state index contributed by atoms with van der Waals surface area (Å²) in [5.74, 6) is -0.433. The first-order valence-electron chi connectivity index (χ1n) is 6.03. The van der Waals surface area contributed by atoms with E-state index in [0.717, 1.165) is 10.7 Å². The van der Waals surface area contributed by atoms with Crippen molar-refractivity contribution in [2.45, 2.75) is 34.2 Å². The van der Waals surface area contributed by atoms with Crippen molar-refractivity contribution in [1.29, 1.82) is 0 Å². The van der Waals surface area contributed by atoms with Crippen LogP contribution >= 0.6 is 11.3 Å². The zero-order valence-corrected chi connectivity index (χ0v) is 12.2. The molecule has 0 unspecified atom stereocenters. The van der Waals surface area contributed by atoms with Gasteiger partial charge in [0.2, 0.25) is 0 Å². The molecule has 2 heterocycles. The van der Waals surface area contributed by atoms with Crippen molar-refractivity contribution in [1.82, 2.24) is 20.0 Å². The Morgan fingerprint density at radius 2 is 2.11 bits per heavy atom. The van der Waals surface area contributed by atoms with Crippen molar-refractivity contribution in [3.8, 4) is 0 Å². The van der Waals surface area contributed by atoms with Crippen LogP contribution in [-0.2, 0) is 11.3 Å². The van der Waals surface area contributed by atoms with E-state index in [1.807, 2.05) is 13.8 Å². The van der Waals surface area contributed by atoms with Crippen LogP contribution in [0.3, 0.4) is 0 Å². The molecule has 0 atom stereocenters. The number of hydrogen-bond donors (Lipinski definition) is 0. The molecule has 0 aliphatic heterocycles. The summed E-state index contributed by atoms with van der Waals surface area (Å²) in [6, 6.07) is 0. The van der Waals surface area contributed by atoms with Crippen molar-refractivity contribution in [3.05, 3.63) is 27.0 Å². The number of carbonyl (C=O) groups is 1. The molecule has 0 aliphatic carbocycles. The van der Waals surface area contributed by atoms with Crippen LogP contribution in [0.5, 0.6) is 0 Å². The average molecular weight is 280 g/mol. The average Bonchev–Trinajstić information content (AvgIpc) is 2.85. The van der Waals surface area contributed by atoms with E-state index in [9.17, 15) is 4.79 Å². The highest BCUT2D eigenvalue weighted by molar-refractivity contribution is 7.11. The highest BCUT2D eigenvalue weighted by Crippen LogP contribution is 2.18. The van der Waals surface area contributed by atoms with E-state index in [-0.39, 0.29) is 5.69 Å². The lowest BCUT2D eigenvalue weighted by Crippen LogP contribution is -2.08. The summed E-state index contributed by atoms with van der Waals surface area (Å²) in [7, 11) is 0. The topological polar surface area (TPSA) is 69.9 Å². The quantitative estimate of drug-likeness (QED) is 0.800. The maximum absolute atomic E-state index is 11.6. The first kappa shape index (κ1) is 13.7. The molecule has 19 heavy (non-hydrogen) atoms. The molecule has 7 heteroatoms. The fourth-order valence-electron chi connectivity index (χ4n) is 1.63. The summed E-state index contributed by atoms with van der Waals surface area (Å²) in [6.45, 7) is 8.44. The van der Waals surface area contributed by atoms with Crippen LogP contribution < -0.4 is 0 Å². The van der Waals surface area contributed by atoms with Gasteiger partial charge in [-0.1, -0.05) is 5.21 Å². The molecule has 0 aromatic carbocycles. The highest BCUT2D eigenvalue weighted by Gasteiger charge is 2.18. The van der Waals surface area contributed by atoms with Crippen molar-refractivity contribution < 1.29 is 9.53 Å². The monoisotopic (exact) mass is 280 g/mol. The van der Waals surface area contributed by atoms with Crippen LogP contribution in [0.4, 0.5) is 0 Å². The SMILES string of the molecule is CCOC(=O)c1nnn(Cc2nc(C)c(C)s2)c1C. The van der Waals surface area contributed by atoms with E-state index in [2.05, 4.69) is 15.3 Å². The second kappa shape index (κ2) is 5.48. The first-order chi connectivity index (χ1) is 9.02. The number of aryl methyl sites for hydroxylation is 2. The van der Waals surface area contributed by atoms with Gasteiger partial charge >= 0.3 is 5.97 Å². The minimum Gasteiger partial charge on any atom is -0.461 e. The van der Waals surface area contributed by atoms with E-state index < -0.39 is 5.97 Å². The molecule has 0 radical (unpaired) electrons. The molecule has 0 bridgehead atoms. The summed E-state index contributed by atoms with van der Waals surface area (Å²) in [4.78, 5) is 17.3. The lowest BCUT2D eigenvalue weighted by atomic mass is 10.3. The summed E-state index contributed by atoms with van der Waals surface area (Å²) in [5.41, 5.74) is 2.00. The van der Waals surface area contributed by atoms with Gasteiger partial charge in [0.05, 0.1) is 24.5 Å². The Kier molecular flexibility index (Phi) is 3.94. The predicted molar refractivity (Wildman–Crippen MR) is 71.4 cm³/mol. The standard InChI is InChI=1S/C12H16N4O2S/c1-5-18-12(17)11-8(3)16(15-14-11)6-10-13-7(2)9(4)19-10/h5-6H2,1-4H3. The van der Waals surface area contributed by atoms with Gasteiger partial charge in [0.1, 0.15) is 5.01 Å². The van der Waals surface area contributed by atoms with Crippen LogP contribution in [0.2, 0.25) is 0 Å². The van der Waals surface area contributed by atoms with Crippen molar-refractivity contribution >= 4 is 17.3 Å². The molecule has 0 saturated heterocycles. The second-order valence-corrected chi connectivity index (χ2v) is 5.44. The number of ether oxygens (including phenoxy) is 1. The van der Waals surface area contributed by atoms with Gasteiger partial charge in [-0.3, -0.25) is 0 Å². The zero-order valence-electron chi connectivity index (χ0n) is 11.4. The Morgan fingerprint density at radius 3 is 2.68 bits per heavy atom. The third kappa shape index (κ3) is 2.81. The molecule has 0 amide bonds. The van der Waals surface area contributed by atoms with Gasteiger partial charge in [0, 0.05) is 4.88 Å². The Bertz CT molecular complexity index is 583. The number of aromatic nitrogens is 4. The molecule has 2 aromatic heterocycles. The molecule has 0 saturated carbocycles. The Hall–Kier alpha value is -1.76. The van der Waals surface area contributed by atoms with E-state index in [1.165, 1.54) is 4.88 Å². The van der Waals surface area contributed by atoms with Gasteiger partial charge in [-0.15, -0.1) is 16.4 Å². The first-order valence-corrected chi connectivity index (χ1v) is 6.84. The minimum atomic E-state index is -0.433. The molecule has 0 N–H and O–H groups in total. The predicted octanol–water partition coefficient (Wildman–Crippen LogP) is 1.88. The lowest BCUT2D eigenvalue weighted by Gasteiger charge is -2.01. The molecule has 2 rings (SSSR count). The normalized spacial score (nSPS) is 10.7. The smallest absolute Gasteiger partial charge is 0.360 e. The molecule has 0 spiro atoms. The van der Waals surface area contributed by atoms with Crippen molar-refractivity contribution in [3.63, 3.8) is 0 Å². The maximum atomic E-state index is 11.6. The number of carbonyl (C=O) groups excluding carboxylic acids is 1. The fraction of sp³-hybridized carbons (Fsp3) is 0.500. The molecule has 102 valence electrons. The summed E-state index contributed by atoms with van der Waals surface area (Å²) in [5, 5.41) is 8.82. The van der Waals surface area contributed by atoms with Crippen LogP contribution in [-0.4, -0.2) is 32.6 Å². The molecule has 0 aliphatic rings. The van der Waals surface area contributed by atoms with Gasteiger partial charge in [-0.2, -0.15) is 0 Å². The lowest BCUT2D eigenvalue weighted by molar-refractivity contribution is 0.0518. The van der Waals surface area contributed by atoms with Gasteiger partial charge < -0.3 is 4.74 Å². The number of nitrogens with zero attached hydrogens (tertiary/aromatic N) is 4. The van der Waals surface area contributed by atoms with Gasteiger partial charge in [-0.05, 0) is 27.7 Å². The van der Waals surface area contributed by atoms with Gasteiger partial charge in [0.15, 0.2) is 5.69 Å². The van der Waals surface area contributed by atoms with Crippen LogP contribution in [0.1, 0.15) is 38.7 Å². The Labute approximate surface area is 115 Å². The van der Waals surface area contributed by atoms with E-state index in [0.29, 0.717) is 18.8 Å². The molecule has 2 aromatic rings. The molecular formula is C12H16N4O2S. The van der Waals surface area contributed by atoms with Crippen LogP contribution in [0.25, 0.3) is 0 Å². The van der Waals surface area contributed by atoms with Gasteiger partial charge in [-0.25, -0.2) is 14.5 Å². The van der Waals surface area contributed by atoms with E-state index in [4.69, 9.17) is 4.74 Å². The minimum absolute atomic E-state index is 0.270. The Balaban J connectivity index is 2.20. The molecule has 0 fully saturated rings. The van der Waals surface area contributed by atoms with E-state index >= 15 is 0 Å². The van der Waals surface area contributed by atoms with Gasteiger partial charge in [0.25, 0.3) is 0 Å². The van der Waals surface area contributed by atoms with Crippen molar-refractivity contribution in [2.75, 3.05) is 6.61 Å². The van der Waals surface area contributed by atoms with Crippen LogP contribution in [0.15, 0.2) is 0 Å². The second-order valence-electron chi connectivity index (χ2n) is 4.15. The summed E-state index contributed by atoms with van der Waals surface area (Å²) >= 11 is 1.63. The third-order valence-corrected chi connectivity index (χ3v) is 3.87. The summed E-state index contributed by atoms with van der Waals surface area (Å²) < 4.78 is 6.60. The third-order valence-electron chi connectivity index (χ3n) is 2.81.